The van der Waals surface area contributed by atoms with E-state index in [0.717, 1.165) is 22.3 Å². The summed E-state index contributed by atoms with van der Waals surface area (Å²) in [4.78, 5) is 0. The summed E-state index contributed by atoms with van der Waals surface area (Å²) in [6, 6.07) is 15.1. The Morgan fingerprint density at radius 2 is 1.85 bits per heavy atom. The quantitative estimate of drug-likeness (QED) is 0.812. The number of nitrogens with one attached hydrogen (secondary N) is 1. The standard InChI is InChI=1S/C17H20BrNO/c1-4-13-5-7-14(8-6-13)12(2)19-15-9-10-17(20-3)16(18)11-15/h5-12,19H,4H2,1-3H3. The molecule has 2 aromatic carbocycles. The van der Waals surface area contributed by atoms with Gasteiger partial charge in [-0.05, 0) is 58.6 Å². The molecule has 1 N–H and O–H groups in total. The van der Waals surface area contributed by atoms with Crippen LogP contribution in [0.15, 0.2) is 46.9 Å². The van der Waals surface area contributed by atoms with E-state index >= 15 is 0 Å². The van der Waals surface area contributed by atoms with Gasteiger partial charge in [0, 0.05) is 11.7 Å². The molecule has 0 bridgehead atoms. The van der Waals surface area contributed by atoms with E-state index in [9.17, 15) is 0 Å². The predicted octanol–water partition coefficient (Wildman–Crippen LogP) is 5.19. The van der Waals surface area contributed by atoms with Crippen molar-refractivity contribution in [2.75, 3.05) is 12.4 Å². The van der Waals surface area contributed by atoms with Crippen molar-refractivity contribution in [1.29, 1.82) is 0 Å². The number of rotatable bonds is 5. The molecule has 0 aliphatic carbocycles. The van der Waals surface area contributed by atoms with E-state index in [1.165, 1.54) is 11.1 Å². The molecule has 0 fully saturated rings. The molecule has 0 spiro atoms. The molecule has 1 atom stereocenters. The Labute approximate surface area is 129 Å². The summed E-state index contributed by atoms with van der Waals surface area (Å²) >= 11 is 3.51. The molecule has 3 heteroatoms. The van der Waals surface area contributed by atoms with Gasteiger partial charge in [0.2, 0.25) is 0 Å². The van der Waals surface area contributed by atoms with E-state index in [-0.39, 0.29) is 6.04 Å². The number of benzene rings is 2. The van der Waals surface area contributed by atoms with Crippen LogP contribution in [-0.2, 0) is 6.42 Å². The first-order valence-corrected chi connectivity index (χ1v) is 7.62. The highest BCUT2D eigenvalue weighted by Gasteiger charge is 2.07. The number of ether oxygens (including phenoxy) is 1. The SMILES string of the molecule is CCc1ccc(C(C)Nc2ccc(OC)c(Br)c2)cc1. The summed E-state index contributed by atoms with van der Waals surface area (Å²) in [5, 5.41) is 3.50. The minimum atomic E-state index is 0.265. The largest absolute Gasteiger partial charge is 0.496 e. The molecule has 2 aromatic rings. The molecular weight excluding hydrogens is 314 g/mol. The minimum absolute atomic E-state index is 0.265. The molecule has 0 heterocycles. The molecule has 1 unspecified atom stereocenters. The molecular formula is C17H20BrNO. The molecule has 2 nitrogen and oxygen atoms in total. The number of halogens is 1. The van der Waals surface area contributed by atoms with Crippen LogP contribution in [0.2, 0.25) is 0 Å². The van der Waals surface area contributed by atoms with Crippen LogP contribution in [0.1, 0.15) is 31.0 Å². The van der Waals surface area contributed by atoms with Crippen molar-refractivity contribution in [2.24, 2.45) is 0 Å². The third-order valence-corrected chi connectivity index (χ3v) is 4.04. The molecule has 0 saturated carbocycles. The van der Waals surface area contributed by atoms with Gasteiger partial charge in [0.25, 0.3) is 0 Å². The Morgan fingerprint density at radius 3 is 2.40 bits per heavy atom. The van der Waals surface area contributed by atoms with Crippen LogP contribution in [0.4, 0.5) is 5.69 Å². The van der Waals surface area contributed by atoms with Gasteiger partial charge in [-0.25, -0.2) is 0 Å². The second-order valence-electron chi connectivity index (χ2n) is 4.81. The van der Waals surface area contributed by atoms with Crippen molar-refractivity contribution in [3.8, 4) is 5.75 Å². The zero-order valence-corrected chi connectivity index (χ0v) is 13.7. The molecule has 2 rings (SSSR count). The summed E-state index contributed by atoms with van der Waals surface area (Å²) < 4.78 is 6.20. The van der Waals surface area contributed by atoms with Crippen LogP contribution in [0.3, 0.4) is 0 Å². The summed E-state index contributed by atoms with van der Waals surface area (Å²) in [5.41, 5.74) is 3.73. The monoisotopic (exact) mass is 333 g/mol. The lowest BCUT2D eigenvalue weighted by Crippen LogP contribution is -2.06. The lowest BCUT2D eigenvalue weighted by molar-refractivity contribution is 0.412. The molecule has 0 aliphatic heterocycles. The lowest BCUT2D eigenvalue weighted by Gasteiger charge is -2.17. The fourth-order valence-corrected chi connectivity index (χ4v) is 2.67. The van der Waals surface area contributed by atoms with E-state index in [1.54, 1.807) is 7.11 Å². The van der Waals surface area contributed by atoms with Crippen molar-refractivity contribution in [3.63, 3.8) is 0 Å². The fraction of sp³-hybridized carbons (Fsp3) is 0.294. The van der Waals surface area contributed by atoms with Crippen molar-refractivity contribution < 1.29 is 4.74 Å². The Kier molecular flexibility index (Phi) is 5.07. The Balaban J connectivity index is 2.10. The average molecular weight is 334 g/mol. The highest BCUT2D eigenvalue weighted by molar-refractivity contribution is 9.10. The molecule has 20 heavy (non-hydrogen) atoms. The smallest absolute Gasteiger partial charge is 0.133 e. The van der Waals surface area contributed by atoms with Gasteiger partial charge in [-0.1, -0.05) is 31.2 Å². The van der Waals surface area contributed by atoms with Crippen LogP contribution in [0.25, 0.3) is 0 Å². The van der Waals surface area contributed by atoms with E-state index in [4.69, 9.17) is 4.74 Å². The van der Waals surface area contributed by atoms with E-state index in [1.807, 2.05) is 18.2 Å². The molecule has 0 amide bonds. The summed E-state index contributed by atoms with van der Waals surface area (Å²) in [6.07, 6.45) is 1.08. The molecule has 0 aliphatic rings. The normalized spacial score (nSPS) is 12.0. The van der Waals surface area contributed by atoms with Gasteiger partial charge in [0.05, 0.1) is 11.6 Å². The van der Waals surface area contributed by atoms with Gasteiger partial charge in [0.1, 0.15) is 5.75 Å². The van der Waals surface area contributed by atoms with E-state index < -0.39 is 0 Å². The molecule has 106 valence electrons. The van der Waals surface area contributed by atoms with Gasteiger partial charge in [-0.15, -0.1) is 0 Å². The molecule has 0 radical (unpaired) electrons. The number of aryl methyl sites for hydroxylation is 1. The first-order valence-electron chi connectivity index (χ1n) is 6.83. The number of methoxy groups -OCH3 is 1. The number of hydrogen-bond donors (Lipinski definition) is 1. The zero-order valence-electron chi connectivity index (χ0n) is 12.1. The van der Waals surface area contributed by atoms with Crippen molar-refractivity contribution >= 4 is 21.6 Å². The Morgan fingerprint density at radius 1 is 1.15 bits per heavy atom. The predicted molar refractivity (Wildman–Crippen MR) is 88.6 cm³/mol. The van der Waals surface area contributed by atoms with Crippen molar-refractivity contribution in [2.45, 2.75) is 26.3 Å². The van der Waals surface area contributed by atoms with Crippen molar-refractivity contribution in [1.82, 2.24) is 0 Å². The van der Waals surface area contributed by atoms with Crippen LogP contribution < -0.4 is 10.1 Å². The first-order chi connectivity index (χ1) is 9.63. The summed E-state index contributed by atoms with van der Waals surface area (Å²) in [6.45, 7) is 4.34. The van der Waals surface area contributed by atoms with Crippen LogP contribution in [0, 0.1) is 0 Å². The second kappa shape index (κ2) is 6.80. The van der Waals surface area contributed by atoms with Crippen LogP contribution in [0.5, 0.6) is 5.75 Å². The average Bonchev–Trinajstić information content (AvgIpc) is 2.47. The maximum atomic E-state index is 5.24. The summed E-state index contributed by atoms with van der Waals surface area (Å²) in [7, 11) is 1.67. The maximum Gasteiger partial charge on any atom is 0.133 e. The summed E-state index contributed by atoms with van der Waals surface area (Å²) in [5.74, 6) is 0.843. The van der Waals surface area contributed by atoms with Crippen LogP contribution >= 0.6 is 15.9 Å². The van der Waals surface area contributed by atoms with Crippen LogP contribution in [-0.4, -0.2) is 7.11 Å². The fourth-order valence-electron chi connectivity index (χ4n) is 2.13. The van der Waals surface area contributed by atoms with Gasteiger partial charge < -0.3 is 10.1 Å². The maximum absolute atomic E-state index is 5.24. The first kappa shape index (κ1) is 14.9. The highest BCUT2D eigenvalue weighted by Crippen LogP contribution is 2.29. The second-order valence-corrected chi connectivity index (χ2v) is 5.66. The topological polar surface area (TPSA) is 21.3 Å². The number of anilines is 1. The van der Waals surface area contributed by atoms with Gasteiger partial charge in [-0.3, -0.25) is 0 Å². The van der Waals surface area contributed by atoms with Gasteiger partial charge >= 0.3 is 0 Å². The Bertz CT molecular complexity index is 566. The molecule has 0 saturated heterocycles. The third kappa shape index (κ3) is 3.54. The third-order valence-electron chi connectivity index (χ3n) is 3.42. The van der Waals surface area contributed by atoms with E-state index in [2.05, 4.69) is 59.4 Å². The lowest BCUT2D eigenvalue weighted by atomic mass is 10.0. The van der Waals surface area contributed by atoms with E-state index in [0.29, 0.717) is 0 Å². The van der Waals surface area contributed by atoms with Crippen molar-refractivity contribution in [3.05, 3.63) is 58.1 Å². The van der Waals surface area contributed by atoms with Gasteiger partial charge in [0.15, 0.2) is 0 Å². The zero-order chi connectivity index (χ0) is 14.5. The minimum Gasteiger partial charge on any atom is -0.496 e. The Hall–Kier alpha value is -1.48. The number of hydrogen-bond acceptors (Lipinski definition) is 2. The van der Waals surface area contributed by atoms with Gasteiger partial charge in [-0.2, -0.15) is 0 Å². The molecule has 0 aromatic heterocycles. The highest BCUT2D eigenvalue weighted by atomic mass is 79.9.